The molecule has 0 aliphatic rings. The molecule has 2 rings (SSSR count). The summed E-state index contributed by atoms with van der Waals surface area (Å²) >= 11 is 4.72. The summed E-state index contributed by atoms with van der Waals surface area (Å²) in [5, 5.41) is 4.72. The Morgan fingerprint density at radius 1 is 1.52 bits per heavy atom. The number of rotatable bonds is 5. The van der Waals surface area contributed by atoms with Crippen LogP contribution in [0.15, 0.2) is 27.8 Å². The van der Waals surface area contributed by atoms with Crippen LogP contribution in [0, 0.1) is 6.92 Å². The minimum atomic E-state index is 0.0149. The third-order valence-corrected chi connectivity index (χ3v) is 4.45. The molecule has 0 spiro atoms. The molecule has 21 heavy (non-hydrogen) atoms. The summed E-state index contributed by atoms with van der Waals surface area (Å²) in [7, 11) is 1.62. The van der Waals surface area contributed by atoms with Crippen LogP contribution in [0.1, 0.15) is 27.9 Å². The van der Waals surface area contributed by atoms with Gasteiger partial charge in [-0.15, -0.1) is 0 Å². The fourth-order valence-electron chi connectivity index (χ4n) is 1.70. The van der Waals surface area contributed by atoms with Gasteiger partial charge in [-0.25, -0.2) is 4.98 Å². The van der Waals surface area contributed by atoms with E-state index >= 15 is 0 Å². The van der Waals surface area contributed by atoms with Crippen LogP contribution in [0.3, 0.4) is 0 Å². The van der Waals surface area contributed by atoms with Gasteiger partial charge in [0.15, 0.2) is 5.78 Å². The Morgan fingerprint density at radius 3 is 2.86 bits per heavy atom. The number of halogens is 1. The topological polar surface area (TPSA) is 63.6 Å². The van der Waals surface area contributed by atoms with Gasteiger partial charge >= 0.3 is 0 Å². The van der Waals surface area contributed by atoms with E-state index < -0.39 is 0 Å². The molecule has 0 bridgehead atoms. The lowest BCUT2D eigenvalue weighted by atomic mass is 10.2. The van der Waals surface area contributed by atoms with E-state index in [9.17, 15) is 4.79 Å². The van der Waals surface area contributed by atoms with Crippen molar-refractivity contribution in [3.63, 3.8) is 0 Å². The Balaban J connectivity index is 2.07. The van der Waals surface area contributed by atoms with Crippen molar-refractivity contribution in [2.75, 3.05) is 12.5 Å². The van der Waals surface area contributed by atoms with Crippen molar-refractivity contribution >= 4 is 44.4 Å². The number of carbonyl (C=O) groups is 1. The quantitative estimate of drug-likeness (QED) is 0.494. The molecule has 0 unspecified atom stereocenters. The fraction of sp³-hybridized carbons (Fsp3) is 0.214. The molecule has 2 aromatic rings. The highest BCUT2D eigenvalue weighted by atomic mass is 79.9. The number of ketones is 1. The van der Waals surface area contributed by atoms with Gasteiger partial charge in [-0.2, -0.15) is 5.10 Å². The van der Waals surface area contributed by atoms with Crippen molar-refractivity contribution in [1.82, 2.24) is 4.98 Å². The van der Waals surface area contributed by atoms with E-state index in [1.165, 1.54) is 18.3 Å². The average molecular weight is 368 g/mol. The lowest BCUT2D eigenvalue weighted by Crippen LogP contribution is -1.91. The zero-order valence-electron chi connectivity index (χ0n) is 11.8. The number of aromatic nitrogens is 1. The molecule has 0 aliphatic heterocycles. The largest absolute Gasteiger partial charge is 0.496 e. The standard InChI is InChI=1S/C14H14BrN3O2S/c1-8-13(9(2)19)21-14(17-8)18-16-7-10-4-5-12(20-3)11(15)6-10/h4-7H,1-3H3,(H,17,18). The van der Waals surface area contributed by atoms with Gasteiger partial charge in [0.05, 0.1) is 28.4 Å². The summed E-state index contributed by atoms with van der Waals surface area (Å²) in [6, 6.07) is 5.65. The van der Waals surface area contributed by atoms with Gasteiger partial charge in [-0.1, -0.05) is 11.3 Å². The van der Waals surface area contributed by atoms with E-state index in [0.29, 0.717) is 10.0 Å². The molecule has 0 saturated heterocycles. The van der Waals surface area contributed by atoms with Gasteiger partial charge in [0.2, 0.25) is 5.13 Å². The lowest BCUT2D eigenvalue weighted by Gasteiger charge is -2.02. The summed E-state index contributed by atoms with van der Waals surface area (Å²) in [5.41, 5.74) is 4.47. The van der Waals surface area contributed by atoms with Crippen LogP contribution in [0.4, 0.5) is 5.13 Å². The van der Waals surface area contributed by atoms with Gasteiger partial charge < -0.3 is 4.74 Å². The third-order valence-electron chi connectivity index (χ3n) is 2.67. The van der Waals surface area contributed by atoms with Crippen molar-refractivity contribution in [3.05, 3.63) is 38.8 Å². The molecule has 1 aromatic heterocycles. The number of hydrogen-bond acceptors (Lipinski definition) is 6. The number of ether oxygens (including phenoxy) is 1. The maximum Gasteiger partial charge on any atom is 0.204 e. The zero-order chi connectivity index (χ0) is 15.4. The van der Waals surface area contributed by atoms with Gasteiger partial charge in [-0.05, 0) is 46.6 Å². The van der Waals surface area contributed by atoms with Crippen molar-refractivity contribution in [1.29, 1.82) is 0 Å². The number of hydrogen-bond donors (Lipinski definition) is 1. The van der Waals surface area contributed by atoms with Crippen LogP contribution >= 0.6 is 27.3 Å². The Hall–Kier alpha value is -1.73. The van der Waals surface area contributed by atoms with Crippen molar-refractivity contribution in [2.24, 2.45) is 5.10 Å². The molecule has 1 N–H and O–H groups in total. The molecule has 0 amide bonds. The van der Waals surface area contributed by atoms with E-state index in [1.807, 2.05) is 25.1 Å². The number of anilines is 1. The van der Waals surface area contributed by atoms with E-state index in [4.69, 9.17) is 4.74 Å². The SMILES string of the molecule is COc1ccc(C=NNc2nc(C)c(C(C)=O)s2)cc1Br. The molecular weight excluding hydrogens is 354 g/mol. The maximum absolute atomic E-state index is 11.4. The molecule has 110 valence electrons. The average Bonchev–Trinajstić information content (AvgIpc) is 2.80. The number of thiazole rings is 1. The molecule has 1 aromatic carbocycles. The highest BCUT2D eigenvalue weighted by Gasteiger charge is 2.10. The van der Waals surface area contributed by atoms with E-state index in [2.05, 4.69) is 31.4 Å². The second-order valence-electron chi connectivity index (χ2n) is 4.25. The Kier molecular flexibility index (Phi) is 5.08. The van der Waals surface area contributed by atoms with E-state index in [0.717, 1.165) is 21.5 Å². The van der Waals surface area contributed by atoms with Crippen LogP contribution in [-0.4, -0.2) is 24.1 Å². The normalized spacial score (nSPS) is 10.9. The summed E-state index contributed by atoms with van der Waals surface area (Å²) in [6.07, 6.45) is 1.67. The Bertz CT molecular complexity index is 698. The Labute approximate surface area is 135 Å². The summed E-state index contributed by atoms with van der Waals surface area (Å²) in [4.78, 5) is 16.3. The third kappa shape index (κ3) is 3.89. The van der Waals surface area contributed by atoms with Gasteiger partial charge in [-0.3, -0.25) is 10.2 Å². The minimum absolute atomic E-state index is 0.0149. The number of nitrogens with one attached hydrogen (secondary N) is 1. The number of carbonyl (C=O) groups excluding carboxylic acids is 1. The highest BCUT2D eigenvalue weighted by molar-refractivity contribution is 9.10. The van der Waals surface area contributed by atoms with E-state index in [1.54, 1.807) is 13.3 Å². The van der Waals surface area contributed by atoms with Gasteiger partial charge in [0, 0.05) is 6.92 Å². The molecule has 0 radical (unpaired) electrons. The van der Waals surface area contributed by atoms with Crippen molar-refractivity contribution in [2.45, 2.75) is 13.8 Å². The molecule has 7 heteroatoms. The Morgan fingerprint density at radius 2 is 2.29 bits per heavy atom. The molecule has 1 heterocycles. The number of aryl methyl sites for hydroxylation is 1. The second kappa shape index (κ2) is 6.82. The number of hydrazone groups is 1. The molecule has 0 atom stereocenters. The first-order valence-corrected chi connectivity index (χ1v) is 7.73. The van der Waals surface area contributed by atoms with Crippen molar-refractivity contribution in [3.8, 4) is 5.75 Å². The minimum Gasteiger partial charge on any atom is -0.496 e. The molecule has 0 saturated carbocycles. The summed E-state index contributed by atoms with van der Waals surface area (Å²) < 4.78 is 6.02. The first-order chi connectivity index (χ1) is 10.0. The number of benzene rings is 1. The molecule has 5 nitrogen and oxygen atoms in total. The first kappa shape index (κ1) is 15.7. The molecular formula is C14H14BrN3O2S. The second-order valence-corrected chi connectivity index (χ2v) is 6.11. The first-order valence-electron chi connectivity index (χ1n) is 6.12. The van der Waals surface area contributed by atoms with Crippen LogP contribution < -0.4 is 10.2 Å². The maximum atomic E-state index is 11.4. The zero-order valence-corrected chi connectivity index (χ0v) is 14.2. The van der Waals surface area contributed by atoms with E-state index in [-0.39, 0.29) is 5.78 Å². The smallest absolute Gasteiger partial charge is 0.204 e. The van der Waals surface area contributed by atoms with Crippen LogP contribution in [0.5, 0.6) is 5.75 Å². The molecule has 0 fully saturated rings. The summed E-state index contributed by atoms with van der Waals surface area (Å²) in [6.45, 7) is 3.34. The number of nitrogens with zero attached hydrogens (tertiary/aromatic N) is 2. The van der Waals surface area contributed by atoms with Gasteiger partial charge in [0.25, 0.3) is 0 Å². The van der Waals surface area contributed by atoms with Crippen molar-refractivity contribution < 1.29 is 9.53 Å². The fourth-order valence-corrected chi connectivity index (χ4v) is 3.07. The van der Waals surface area contributed by atoms with Crippen LogP contribution in [-0.2, 0) is 0 Å². The predicted molar refractivity (Wildman–Crippen MR) is 88.8 cm³/mol. The van der Waals surface area contributed by atoms with Crippen LogP contribution in [0.25, 0.3) is 0 Å². The lowest BCUT2D eigenvalue weighted by molar-refractivity contribution is 0.102. The summed E-state index contributed by atoms with van der Waals surface area (Å²) in [5.74, 6) is 0.780. The highest BCUT2D eigenvalue weighted by Crippen LogP contribution is 2.25. The number of methoxy groups -OCH3 is 1. The van der Waals surface area contributed by atoms with Gasteiger partial charge in [0.1, 0.15) is 5.75 Å². The molecule has 0 aliphatic carbocycles. The predicted octanol–water partition coefficient (Wildman–Crippen LogP) is 3.87. The van der Waals surface area contributed by atoms with Crippen LogP contribution in [0.2, 0.25) is 0 Å². The monoisotopic (exact) mass is 367 g/mol. The number of Topliss-reactive ketones (excluding diaryl/α,β-unsaturated/α-hetero) is 1.